The molecule has 0 bridgehead atoms. The molecule has 0 aliphatic carbocycles. The number of hydrogen-bond acceptors (Lipinski definition) is 7. The van der Waals surface area contributed by atoms with Crippen molar-refractivity contribution < 1.29 is 23.7 Å². The van der Waals surface area contributed by atoms with E-state index in [1.807, 2.05) is 17.5 Å². The third-order valence-electron chi connectivity index (χ3n) is 3.34. The zero-order chi connectivity index (χ0) is 15.8. The van der Waals surface area contributed by atoms with Crippen LogP contribution in [-0.4, -0.2) is 25.8 Å². The summed E-state index contributed by atoms with van der Waals surface area (Å²) in [4.78, 5) is 17.1. The predicted octanol–water partition coefficient (Wildman–Crippen LogP) is 2.83. The van der Waals surface area contributed by atoms with Crippen molar-refractivity contribution in [2.75, 3.05) is 13.9 Å². The first-order valence-corrected chi connectivity index (χ1v) is 7.66. The van der Waals surface area contributed by atoms with E-state index in [0.29, 0.717) is 28.7 Å². The summed E-state index contributed by atoms with van der Waals surface area (Å²) in [5.74, 6) is 1.52. The van der Waals surface area contributed by atoms with Gasteiger partial charge in [0.05, 0.1) is 12.0 Å². The SMILES string of the molecule is COc1cc(/C=C2/N=C(c3cccs3)OC2=O)cc2c1OCO2. The van der Waals surface area contributed by atoms with Crippen LogP contribution in [0.4, 0.5) is 0 Å². The molecule has 7 heteroatoms. The highest BCUT2D eigenvalue weighted by Crippen LogP contribution is 2.42. The van der Waals surface area contributed by atoms with E-state index in [0.717, 1.165) is 4.88 Å². The van der Waals surface area contributed by atoms with Crippen LogP contribution in [0.25, 0.3) is 6.08 Å². The highest BCUT2D eigenvalue weighted by Gasteiger charge is 2.26. The van der Waals surface area contributed by atoms with Gasteiger partial charge < -0.3 is 18.9 Å². The number of nitrogens with zero attached hydrogens (tertiary/aromatic N) is 1. The van der Waals surface area contributed by atoms with Crippen molar-refractivity contribution in [1.29, 1.82) is 0 Å². The second kappa shape index (κ2) is 5.44. The Morgan fingerprint density at radius 2 is 2.26 bits per heavy atom. The van der Waals surface area contributed by atoms with E-state index in [9.17, 15) is 4.79 Å². The fraction of sp³-hybridized carbons (Fsp3) is 0.125. The van der Waals surface area contributed by atoms with Crippen molar-refractivity contribution in [3.8, 4) is 17.2 Å². The summed E-state index contributed by atoms with van der Waals surface area (Å²) in [7, 11) is 1.55. The largest absolute Gasteiger partial charge is 0.493 e. The fourth-order valence-electron chi connectivity index (χ4n) is 2.31. The van der Waals surface area contributed by atoms with E-state index in [1.54, 1.807) is 25.3 Å². The molecule has 0 fully saturated rings. The third-order valence-corrected chi connectivity index (χ3v) is 4.19. The Labute approximate surface area is 135 Å². The summed E-state index contributed by atoms with van der Waals surface area (Å²) in [6.45, 7) is 0.147. The maximum atomic E-state index is 12.0. The predicted molar refractivity (Wildman–Crippen MR) is 84.0 cm³/mol. The number of cyclic esters (lactones) is 1. The van der Waals surface area contributed by atoms with Crippen LogP contribution in [0, 0.1) is 0 Å². The number of aliphatic imine (C=N–C) groups is 1. The Kier molecular flexibility index (Phi) is 3.27. The molecule has 6 nitrogen and oxygen atoms in total. The Bertz CT molecular complexity index is 838. The molecule has 4 rings (SSSR count). The molecule has 2 aliphatic heterocycles. The molecular weight excluding hydrogens is 318 g/mol. The second-order valence-electron chi connectivity index (χ2n) is 4.77. The van der Waals surface area contributed by atoms with E-state index in [4.69, 9.17) is 18.9 Å². The average Bonchev–Trinajstić information content (AvgIpc) is 3.27. The Balaban J connectivity index is 1.72. The number of esters is 1. The van der Waals surface area contributed by atoms with Crippen LogP contribution in [0.2, 0.25) is 0 Å². The zero-order valence-electron chi connectivity index (χ0n) is 12.1. The highest BCUT2D eigenvalue weighted by atomic mass is 32.1. The van der Waals surface area contributed by atoms with Crippen molar-refractivity contribution in [3.63, 3.8) is 0 Å². The van der Waals surface area contributed by atoms with Gasteiger partial charge in [0.25, 0.3) is 0 Å². The minimum Gasteiger partial charge on any atom is -0.493 e. The van der Waals surface area contributed by atoms with Crippen LogP contribution >= 0.6 is 11.3 Å². The van der Waals surface area contributed by atoms with Crippen LogP contribution in [0.15, 0.2) is 40.3 Å². The molecule has 2 aliphatic rings. The molecule has 0 unspecified atom stereocenters. The first-order chi connectivity index (χ1) is 11.2. The smallest absolute Gasteiger partial charge is 0.363 e. The summed E-state index contributed by atoms with van der Waals surface area (Å²) in [5.41, 5.74) is 0.948. The molecule has 3 heterocycles. The number of rotatable bonds is 3. The Morgan fingerprint density at radius 3 is 3.04 bits per heavy atom. The van der Waals surface area contributed by atoms with Gasteiger partial charge in [-0.2, -0.15) is 0 Å². The molecular formula is C16H11NO5S. The van der Waals surface area contributed by atoms with E-state index < -0.39 is 5.97 Å². The first kappa shape index (κ1) is 13.8. The second-order valence-corrected chi connectivity index (χ2v) is 5.72. The number of hydrogen-bond donors (Lipinski definition) is 0. The van der Waals surface area contributed by atoms with Crippen molar-refractivity contribution >= 4 is 29.3 Å². The van der Waals surface area contributed by atoms with Gasteiger partial charge in [0.1, 0.15) is 0 Å². The lowest BCUT2D eigenvalue weighted by atomic mass is 10.1. The van der Waals surface area contributed by atoms with Gasteiger partial charge in [-0.1, -0.05) is 6.07 Å². The van der Waals surface area contributed by atoms with Crippen molar-refractivity contribution in [2.45, 2.75) is 0 Å². The summed E-state index contributed by atoms with van der Waals surface area (Å²) in [6.07, 6.45) is 1.63. The molecule has 23 heavy (non-hydrogen) atoms. The maximum Gasteiger partial charge on any atom is 0.363 e. The van der Waals surface area contributed by atoms with Gasteiger partial charge in [-0.25, -0.2) is 9.79 Å². The van der Waals surface area contributed by atoms with Gasteiger partial charge in [-0.05, 0) is 35.2 Å². The number of thiophene rings is 1. The summed E-state index contributed by atoms with van der Waals surface area (Å²) < 4.78 is 21.2. The molecule has 116 valence electrons. The minimum atomic E-state index is -0.481. The van der Waals surface area contributed by atoms with Crippen molar-refractivity contribution in [1.82, 2.24) is 0 Å². The summed E-state index contributed by atoms with van der Waals surface area (Å²) >= 11 is 1.46. The van der Waals surface area contributed by atoms with Gasteiger partial charge in [0.15, 0.2) is 17.2 Å². The Hall–Kier alpha value is -2.80. The van der Waals surface area contributed by atoms with Crippen LogP contribution in [-0.2, 0) is 9.53 Å². The van der Waals surface area contributed by atoms with Gasteiger partial charge in [0, 0.05) is 0 Å². The Morgan fingerprint density at radius 1 is 1.35 bits per heavy atom. The normalized spacial score (nSPS) is 17.3. The molecule has 0 spiro atoms. The molecule has 0 radical (unpaired) electrons. The first-order valence-electron chi connectivity index (χ1n) is 6.78. The lowest BCUT2D eigenvalue weighted by molar-refractivity contribution is -0.129. The fourth-order valence-corrected chi connectivity index (χ4v) is 2.95. The molecule has 0 atom stereocenters. The third kappa shape index (κ3) is 2.44. The monoisotopic (exact) mass is 329 g/mol. The average molecular weight is 329 g/mol. The summed E-state index contributed by atoms with van der Waals surface area (Å²) in [6, 6.07) is 7.25. The minimum absolute atomic E-state index is 0.147. The lowest BCUT2D eigenvalue weighted by Crippen LogP contribution is -2.03. The maximum absolute atomic E-state index is 12.0. The lowest BCUT2D eigenvalue weighted by Gasteiger charge is -2.05. The number of carbonyl (C=O) groups excluding carboxylic acids is 1. The van der Waals surface area contributed by atoms with Gasteiger partial charge in [-0.3, -0.25) is 0 Å². The molecule has 0 saturated heterocycles. The topological polar surface area (TPSA) is 66.4 Å². The van der Waals surface area contributed by atoms with E-state index in [2.05, 4.69) is 4.99 Å². The quantitative estimate of drug-likeness (QED) is 0.640. The van der Waals surface area contributed by atoms with Crippen LogP contribution in [0.1, 0.15) is 10.4 Å². The number of fused-ring (bicyclic) bond motifs is 1. The standard InChI is InChI=1S/C16H11NO5S/c1-19-11-6-9(7-12-14(11)21-8-20-12)5-10-16(18)22-15(17-10)13-3-2-4-23-13/h2-7H,8H2,1H3/b10-5+. The van der Waals surface area contributed by atoms with Gasteiger partial charge >= 0.3 is 5.97 Å². The molecule has 0 N–H and O–H groups in total. The highest BCUT2D eigenvalue weighted by molar-refractivity contribution is 7.12. The van der Waals surface area contributed by atoms with E-state index >= 15 is 0 Å². The molecule has 0 amide bonds. The van der Waals surface area contributed by atoms with Crippen LogP contribution < -0.4 is 14.2 Å². The van der Waals surface area contributed by atoms with E-state index in [1.165, 1.54) is 11.3 Å². The molecule has 2 aromatic rings. The zero-order valence-corrected chi connectivity index (χ0v) is 12.9. The number of ether oxygens (including phenoxy) is 4. The number of carbonyl (C=O) groups is 1. The van der Waals surface area contributed by atoms with Crippen LogP contribution in [0.3, 0.4) is 0 Å². The number of benzene rings is 1. The van der Waals surface area contributed by atoms with Crippen molar-refractivity contribution in [3.05, 3.63) is 45.8 Å². The van der Waals surface area contributed by atoms with E-state index in [-0.39, 0.29) is 12.5 Å². The molecule has 0 saturated carbocycles. The molecule has 1 aromatic carbocycles. The molecule has 1 aromatic heterocycles. The number of methoxy groups -OCH3 is 1. The van der Waals surface area contributed by atoms with Crippen molar-refractivity contribution in [2.24, 2.45) is 4.99 Å². The van der Waals surface area contributed by atoms with Crippen LogP contribution in [0.5, 0.6) is 17.2 Å². The summed E-state index contributed by atoms with van der Waals surface area (Å²) in [5, 5.41) is 1.90. The van der Waals surface area contributed by atoms with Gasteiger partial charge in [0.2, 0.25) is 18.4 Å². The van der Waals surface area contributed by atoms with Gasteiger partial charge in [-0.15, -0.1) is 11.3 Å².